The molecule has 0 aromatic carbocycles. The van der Waals surface area contributed by atoms with Crippen molar-refractivity contribution in [3.05, 3.63) is 17.8 Å². The molecule has 9 nitrogen and oxygen atoms in total. The first-order valence-corrected chi connectivity index (χ1v) is 9.98. The average Bonchev–Trinajstić information content (AvgIpc) is 3.20. The number of rotatable bonds is 6. The normalized spacial score (nSPS) is 21.5. The summed E-state index contributed by atoms with van der Waals surface area (Å²) >= 11 is 0. The Morgan fingerprint density at radius 2 is 2.15 bits per heavy atom. The van der Waals surface area contributed by atoms with Crippen molar-refractivity contribution in [1.82, 2.24) is 9.29 Å². The second kappa shape index (κ2) is 8.30. The molecule has 0 aliphatic carbocycles. The molecule has 3 rings (SSSR count). The molecule has 144 valence electrons. The summed E-state index contributed by atoms with van der Waals surface area (Å²) < 4.78 is 43.0. The molecule has 0 bridgehead atoms. The van der Waals surface area contributed by atoms with Crippen molar-refractivity contribution in [3.63, 3.8) is 0 Å². The highest BCUT2D eigenvalue weighted by Crippen LogP contribution is 2.25. The lowest BCUT2D eigenvalue weighted by Crippen LogP contribution is -2.41. The number of morpholine rings is 1. The van der Waals surface area contributed by atoms with Crippen LogP contribution in [0.25, 0.3) is 0 Å². The van der Waals surface area contributed by atoms with Crippen LogP contribution in [0.2, 0.25) is 0 Å². The molecule has 2 saturated heterocycles. The van der Waals surface area contributed by atoms with Crippen molar-refractivity contribution < 1.29 is 27.4 Å². The Balaban J connectivity index is 1.90. The fourth-order valence-corrected chi connectivity index (χ4v) is 4.50. The maximum absolute atomic E-state index is 13.1. The number of carbonyl (C=O) groups is 1. The van der Waals surface area contributed by atoms with Gasteiger partial charge >= 0.3 is 5.97 Å². The predicted octanol–water partition coefficient (Wildman–Crippen LogP) is 0.480. The number of ether oxygens (including phenoxy) is 3. The standard InChI is InChI=1S/C16H23N3O6S/c1-23-16(20)12-9-14(26(21,22)19-4-7-24-8-5-19)15(17-10-12)18-11-13-3-2-6-25-13/h9-10,13H,2-8,11H2,1H3,(H,17,18)/t13-/m1/s1. The van der Waals surface area contributed by atoms with E-state index >= 15 is 0 Å². The van der Waals surface area contributed by atoms with Gasteiger partial charge in [0.1, 0.15) is 10.7 Å². The number of hydrogen-bond donors (Lipinski definition) is 1. The van der Waals surface area contributed by atoms with Crippen LogP contribution in [-0.4, -0.2) is 76.3 Å². The maximum atomic E-state index is 13.1. The molecule has 10 heteroatoms. The number of nitrogens with one attached hydrogen (secondary N) is 1. The Hall–Kier alpha value is -1.75. The van der Waals surface area contributed by atoms with Gasteiger partial charge in [0.25, 0.3) is 0 Å². The summed E-state index contributed by atoms with van der Waals surface area (Å²) in [5.74, 6) is -0.429. The Kier molecular flexibility index (Phi) is 6.07. The van der Waals surface area contributed by atoms with E-state index in [0.29, 0.717) is 26.4 Å². The monoisotopic (exact) mass is 385 g/mol. The summed E-state index contributed by atoms with van der Waals surface area (Å²) in [6.07, 6.45) is 3.23. The molecular weight excluding hydrogens is 362 g/mol. The van der Waals surface area contributed by atoms with Gasteiger partial charge in [-0.15, -0.1) is 0 Å². The number of aromatic nitrogens is 1. The van der Waals surface area contributed by atoms with Crippen molar-refractivity contribution in [1.29, 1.82) is 0 Å². The minimum Gasteiger partial charge on any atom is -0.465 e. The predicted molar refractivity (Wildman–Crippen MR) is 92.6 cm³/mol. The van der Waals surface area contributed by atoms with E-state index in [1.807, 2.05) is 0 Å². The zero-order valence-electron chi connectivity index (χ0n) is 14.6. The second-order valence-electron chi connectivity index (χ2n) is 6.09. The highest BCUT2D eigenvalue weighted by Gasteiger charge is 2.31. The van der Waals surface area contributed by atoms with E-state index in [-0.39, 0.29) is 35.5 Å². The number of carbonyl (C=O) groups excluding carboxylic acids is 1. The van der Waals surface area contributed by atoms with Crippen LogP contribution in [0.5, 0.6) is 0 Å². The first-order chi connectivity index (χ1) is 12.5. The Morgan fingerprint density at radius 3 is 2.81 bits per heavy atom. The SMILES string of the molecule is COC(=O)c1cnc(NC[C@H]2CCCO2)c(S(=O)(=O)N2CCOCC2)c1. The van der Waals surface area contributed by atoms with Crippen LogP contribution in [-0.2, 0) is 24.2 Å². The topological polar surface area (TPSA) is 107 Å². The molecule has 0 radical (unpaired) electrons. The molecule has 2 aliphatic rings. The minimum atomic E-state index is -3.82. The third kappa shape index (κ3) is 4.14. The van der Waals surface area contributed by atoms with Crippen molar-refractivity contribution in [2.45, 2.75) is 23.8 Å². The van der Waals surface area contributed by atoms with Gasteiger partial charge < -0.3 is 19.5 Å². The van der Waals surface area contributed by atoms with Gasteiger partial charge in [-0.3, -0.25) is 0 Å². The number of nitrogens with zero attached hydrogens (tertiary/aromatic N) is 2. The Morgan fingerprint density at radius 1 is 1.38 bits per heavy atom. The lowest BCUT2D eigenvalue weighted by molar-refractivity contribution is 0.0599. The van der Waals surface area contributed by atoms with Gasteiger partial charge in [-0.1, -0.05) is 0 Å². The zero-order chi connectivity index (χ0) is 18.6. The van der Waals surface area contributed by atoms with E-state index < -0.39 is 16.0 Å². The van der Waals surface area contributed by atoms with Gasteiger partial charge in [-0.25, -0.2) is 18.2 Å². The lowest BCUT2D eigenvalue weighted by atomic mass is 10.2. The fourth-order valence-electron chi connectivity index (χ4n) is 2.95. The van der Waals surface area contributed by atoms with Crippen LogP contribution in [0.15, 0.2) is 17.2 Å². The zero-order valence-corrected chi connectivity index (χ0v) is 15.5. The van der Waals surface area contributed by atoms with E-state index in [1.165, 1.54) is 23.7 Å². The third-order valence-corrected chi connectivity index (χ3v) is 6.29. The van der Waals surface area contributed by atoms with Crippen molar-refractivity contribution in [3.8, 4) is 0 Å². The summed E-state index contributed by atoms with van der Waals surface area (Å²) in [4.78, 5) is 15.9. The van der Waals surface area contributed by atoms with Crippen molar-refractivity contribution in [2.75, 3.05) is 51.9 Å². The largest absolute Gasteiger partial charge is 0.465 e. The molecular formula is C16H23N3O6S. The van der Waals surface area contributed by atoms with Gasteiger partial charge in [0.05, 0.1) is 32.0 Å². The molecule has 1 N–H and O–H groups in total. The smallest absolute Gasteiger partial charge is 0.339 e. The van der Waals surface area contributed by atoms with E-state index in [1.54, 1.807) is 0 Å². The minimum absolute atomic E-state index is 0.0241. The molecule has 0 amide bonds. The quantitative estimate of drug-likeness (QED) is 0.705. The summed E-state index contributed by atoms with van der Waals surface area (Å²) in [5.41, 5.74) is 0.0852. The molecule has 2 fully saturated rings. The number of sulfonamides is 1. The number of anilines is 1. The van der Waals surface area contributed by atoms with Crippen LogP contribution in [0.3, 0.4) is 0 Å². The number of methoxy groups -OCH3 is 1. The first-order valence-electron chi connectivity index (χ1n) is 8.54. The van der Waals surface area contributed by atoms with E-state index in [2.05, 4.69) is 15.0 Å². The van der Waals surface area contributed by atoms with Crippen LogP contribution < -0.4 is 5.32 Å². The molecule has 0 saturated carbocycles. The first kappa shape index (κ1) is 19.0. The van der Waals surface area contributed by atoms with E-state index in [4.69, 9.17) is 9.47 Å². The average molecular weight is 385 g/mol. The molecule has 3 heterocycles. The Labute approximate surface area is 152 Å². The fraction of sp³-hybridized carbons (Fsp3) is 0.625. The molecule has 26 heavy (non-hydrogen) atoms. The van der Waals surface area contributed by atoms with Crippen LogP contribution >= 0.6 is 0 Å². The third-order valence-electron chi connectivity index (χ3n) is 4.38. The maximum Gasteiger partial charge on any atom is 0.339 e. The number of esters is 1. The molecule has 1 aromatic rings. The highest BCUT2D eigenvalue weighted by molar-refractivity contribution is 7.89. The van der Waals surface area contributed by atoms with E-state index in [0.717, 1.165) is 12.8 Å². The molecule has 0 unspecified atom stereocenters. The molecule has 2 aliphatic heterocycles. The van der Waals surface area contributed by atoms with Crippen molar-refractivity contribution in [2.24, 2.45) is 0 Å². The van der Waals surface area contributed by atoms with Crippen LogP contribution in [0.4, 0.5) is 5.82 Å². The summed E-state index contributed by atoms with van der Waals surface area (Å²) in [7, 11) is -2.58. The second-order valence-corrected chi connectivity index (χ2v) is 8.00. The number of pyridine rings is 1. The van der Waals surface area contributed by atoms with Crippen molar-refractivity contribution >= 4 is 21.8 Å². The van der Waals surface area contributed by atoms with E-state index in [9.17, 15) is 13.2 Å². The van der Waals surface area contributed by atoms with Gasteiger partial charge in [0.15, 0.2) is 0 Å². The lowest BCUT2D eigenvalue weighted by Gasteiger charge is -2.27. The van der Waals surface area contributed by atoms with Gasteiger partial charge in [-0.05, 0) is 18.9 Å². The van der Waals surface area contributed by atoms with Gasteiger partial charge in [0.2, 0.25) is 10.0 Å². The molecule has 0 spiro atoms. The summed E-state index contributed by atoms with van der Waals surface area (Å²) in [6.45, 7) is 2.35. The van der Waals surface area contributed by atoms with Gasteiger partial charge in [-0.2, -0.15) is 4.31 Å². The summed E-state index contributed by atoms with van der Waals surface area (Å²) in [5, 5.41) is 3.06. The van der Waals surface area contributed by atoms with Gasteiger partial charge in [0, 0.05) is 32.4 Å². The number of hydrogen-bond acceptors (Lipinski definition) is 8. The Bertz CT molecular complexity index is 742. The summed E-state index contributed by atoms with van der Waals surface area (Å²) in [6, 6.07) is 1.31. The molecule has 1 atom stereocenters. The van der Waals surface area contributed by atoms with Crippen LogP contribution in [0, 0.1) is 0 Å². The highest BCUT2D eigenvalue weighted by atomic mass is 32.2. The van der Waals surface area contributed by atoms with Crippen LogP contribution in [0.1, 0.15) is 23.2 Å². The molecule has 1 aromatic heterocycles.